The van der Waals surface area contributed by atoms with Gasteiger partial charge in [-0.15, -0.1) is 0 Å². The van der Waals surface area contributed by atoms with Crippen molar-refractivity contribution in [1.29, 1.82) is 0 Å². The van der Waals surface area contributed by atoms with Gasteiger partial charge in [0.25, 0.3) is 0 Å². The van der Waals surface area contributed by atoms with Crippen molar-refractivity contribution in [3.8, 4) is 0 Å². The molecule has 0 spiro atoms. The molecule has 0 fully saturated rings. The first kappa shape index (κ1) is 13.5. The molecule has 0 saturated carbocycles. The predicted octanol–water partition coefficient (Wildman–Crippen LogP) is 5.41. The van der Waals surface area contributed by atoms with E-state index in [9.17, 15) is 8.78 Å². The van der Waals surface area contributed by atoms with Crippen LogP contribution in [-0.2, 0) is 0 Å². The fourth-order valence-corrected chi connectivity index (χ4v) is 2.49. The first-order valence-corrected chi connectivity index (χ1v) is 6.63. The summed E-state index contributed by atoms with van der Waals surface area (Å²) >= 11 is 9.37. The van der Waals surface area contributed by atoms with Crippen molar-refractivity contribution in [2.75, 3.05) is 0 Å². The molecule has 0 heterocycles. The molecule has 0 bridgehead atoms. The molecule has 94 valence electrons. The van der Waals surface area contributed by atoms with Crippen LogP contribution in [0.2, 0.25) is 5.02 Å². The van der Waals surface area contributed by atoms with E-state index < -0.39 is 11.6 Å². The molecular formula is C14H10BrClF2. The summed E-state index contributed by atoms with van der Waals surface area (Å²) in [4.78, 5) is -0.325. The fourth-order valence-electron chi connectivity index (χ4n) is 1.71. The van der Waals surface area contributed by atoms with Gasteiger partial charge in [0.15, 0.2) is 0 Å². The van der Waals surface area contributed by atoms with Crippen molar-refractivity contribution >= 4 is 27.5 Å². The summed E-state index contributed by atoms with van der Waals surface area (Å²) in [5.41, 5.74) is 2.20. The highest BCUT2D eigenvalue weighted by molar-refractivity contribution is 9.09. The second kappa shape index (κ2) is 5.37. The Morgan fingerprint density at radius 3 is 2.44 bits per heavy atom. The topological polar surface area (TPSA) is 0 Å². The average Bonchev–Trinajstić information content (AvgIpc) is 2.32. The molecule has 18 heavy (non-hydrogen) atoms. The van der Waals surface area contributed by atoms with Gasteiger partial charge in [-0.25, -0.2) is 8.78 Å². The van der Waals surface area contributed by atoms with E-state index >= 15 is 0 Å². The molecule has 0 radical (unpaired) electrons. The van der Waals surface area contributed by atoms with Crippen LogP contribution in [0.4, 0.5) is 8.78 Å². The molecule has 2 rings (SSSR count). The van der Waals surface area contributed by atoms with E-state index in [0.717, 1.165) is 17.2 Å². The second-order valence-electron chi connectivity index (χ2n) is 4.04. The Hall–Kier alpha value is -0.930. The summed E-state index contributed by atoms with van der Waals surface area (Å²) in [5, 5.41) is 0.665. The van der Waals surface area contributed by atoms with Gasteiger partial charge in [-0.05, 0) is 30.2 Å². The van der Waals surface area contributed by atoms with Gasteiger partial charge in [0.05, 0.1) is 4.83 Å². The van der Waals surface area contributed by atoms with E-state index in [2.05, 4.69) is 15.9 Å². The monoisotopic (exact) mass is 330 g/mol. The number of alkyl halides is 1. The van der Waals surface area contributed by atoms with E-state index in [0.29, 0.717) is 10.6 Å². The molecule has 2 aromatic carbocycles. The van der Waals surface area contributed by atoms with Crippen molar-refractivity contribution in [1.82, 2.24) is 0 Å². The van der Waals surface area contributed by atoms with Gasteiger partial charge < -0.3 is 0 Å². The van der Waals surface area contributed by atoms with E-state index in [-0.39, 0.29) is 4.83 Å². The highest BCUT2D eigenvalue weighted by atomic mass is 79.9. The van der Waals surface area contributed by atoms with Crippen LogP contribution in [-0.4, -0.2) is 0 Å². The first-order valence-electron chi connectivity index (χ1n) is 5.34. The lowest BCUT2D eigenvalue weighted by Gasteiger charge is -2.13. The average molecular weight is 332 g/mol. The van der Waals surface area contributed by atoms with Crippen LogP contribution >= 0.6 is 27.5 Å². The van der Waals surface area contributed by atoms with E-state index in [1.165, 1.54) is 12.1 Å². The molecule has 0 saturated heterocycles. The Morgan fingerprint density at radius 2 is 1.83 bits per heavy atom. The molecule has 0 amide bonds. The number of aryl methyl sites for hydroxylation is 1. The third kappa shape index (κ3) is 2.73. The SMILES string of the molecule is Cc1cc(C(Br)c2ccc(F)cc2F)ccc1Cl. The summed E-state index contributed by atoms with van der Waals surface area (Å²) in [6, 6.07) is 9.03. The minimum Gasteiger partial charge on any atom is -0.207 e. The second-order valence-corrected chi connectivity index (χ2v) is 5.36. The number of rotatable bonds is 2. The van der Waals surface area contributed by atoms with E-state index in [1.807, 2.05) is 19.1 Å². The minimum absolute atomic E-state index is 0.325. The lowest BCUT2D eigenvalue weighted by atomic mass is 10.0. The van der Waals surface area contributed by atoms with E-state index in [4.69, 9.17) is 11.6 Å². The van der Waals surface area contributed by atoms with Gasteiger partial charge >= 0.3 is 0 Å². The highest BCUT2D eigenvalue weighted by Gasteiger charge is 2.16. The third-order valence-electron chi connectivity index (χ3n) is 2.71. The number of hydrogen-bond acceptors (Lipinski definition) is 0. The Morgan fingerprint density at radius 1 is 1.11 bits per heavy atom. The van der Waals surface area contributed by atoms with Crippen LogP contribution in [0.1, 0.15) is 21.5 Å². The largest absolute Gasteiger partial charge is 0.207 e. The van der Waals surface area contributed by atoms with E-state index in [1.54, 1.807) is 6.07 Å². The third-order valence-corrected chi connectivity index (χ3v) is 4.16. The van der Waals surface area contributed by atoms with Crippen molar-refractivity contribution in [3.05, 3.63) is 69.7 Å². The van der Waals surface area contributed by atoms with Crippen LogP contribution in [0.25, 0.3) is 0 Å². The summed E-state index contributed by atoms with van der Waals surface area (Å²) in [6.07, 6.45) is 0. The maximum Gasteiger partial charge on any atom is 0.130 e. The van der Waals surface area contributed by atoms with Crippen molar-refractivity contribution in [2.45, 2.75) is 11.8 Å². The Labute approximate surface area is 118 Å². The van der Waals surface area contributed by atoms with Gasteiger partial charge in [0.1, 0.15) is 11.6 Å². The van der Waals surface area contributed by atoms with Gasteiger partial charge in [-0.1, -0.05) is 45.7 Å². The molecule has 4 heteroatoms. The highest BCUT2D eigenvalue weighted by Crippen LogP contribution is 2.34. The maximum absolute atomic E-state index is 13.7. The number of halogens is 4. The molecule has 1 atom stereocenters. The van der Waals surface area contributed by atoms with Crippen LogP contribution in [0.5, 0.6) is 0 Å². The lowest BCUT2D eigenvalue weighted by molar-refractivity contribution is 0.574. The smallest absolute Gasteiger partial charge is 0.130 e. The Bertz CT molecular complexity index is 584. The predicted molar refractivity (Wildman–Crippen MR) is 73.3 cm³/mol. The fraction of sp³-hybridized carbons (Fsp3) is 0.143. The zero-order valence-corrected chi connectivity index (χ0v) is 11.9. The zero-order valence-electron chi connectivity index (χ0n) is 9.55. The van der Waals surface area contributed by atoms with Gasteiger partial charge in [-0.3, -0.25) is 0 Å². The van der Waals surface area contributed by atoms with Crippen LogP contribution in [0.3, 0.4) is 0 Å². The summed E-state index contributed by atoms with van der Waals surface area (Å²) < 4.78 is 26.5. The molecular weight excluding hydrogens is 322 g/mol. The number of benzene rings is 2. The molecule has 0 aromatic heterocycles. The van der Waals surface area contributed by atoms with Crippen LogP contribution in [0, 0.1) is 18.6 Å². The van der Waals surface area contributed by atoms with Gasteiger partial charge in [0.2, 0.25) is 0 Å². The molecule has 0 aliphatic carbocycles. The molecule has 0 nitrogen and oxygen atoms in total. The maximum atomic E-state index is 13.7. The minimum atomic E-state index is -0.580. The Balaban J connectivity index is 2.41. The van der Waals surface area contributed by atoms with Crippen LogP contribution in [0.15, 0.2) is 36.4 Å². The Kier molecular flexibility index (Phi) is 4.03. The molecule has 0 aliphatic heterocycles. The van der Waals surface area contributed by atoms with Crippen molar-refractivity contribution < 1.29 is 8.78 Å². The first-order chi connectivity index (χ1) is 8.49. The zero-order chi connectivity index (χ0) is 13.3. The summed E-state index contributed by atoms with van der Waals surface area (Å²) in [7, 11) is 0. The van der Waals surface area contributed by atoms with Gasteiger partial charge in [-0.2, -0.15) is 0 Å². The quantitative estimate of drug-likeness (QED) is 0.645. The van der Waals surface area contributed by atoms with Gasteiger partial charge in [0, 0.05) is 16.7 Å². The molecule has 0 N–H and O–H groups in total. The number of hydrogen-bond donors (Lipinski definition) is 0. The summed E-state index contributed by atoms with van der Waals surface area (Å²) in [6.45, 7) is 1.88. The summed E-state index contributed by atoms with van der Waals surface area (Å²) in [5.74, 6) is -1.15. The normalized spacial score (nSPS) is 12.5. The van der Waals surface area contributed by atoms with Crippen LogP contribution < -0.4 is 0 Å². The standard InChI is InChI=1S/C14H10BrClF2/c1-8-6-9(2-5-12(8)16)14(15)11-4-3-10(17)7-13(11)18/h2-7,14H,1H3. The molecule has 1 unspecified atom stereocenters. The van der Waals surface area contributed by atoms with Crippen molar-refractivity contribution in [2.24, 2.45) is 0 Å². The molecule has 2 aromatic rings. The molecule has 0 aliphatic rings. The lowest BCUT2D eigenvalue weighted by Crippen LogP contribution is -1.98. The van der Waals surface area contributed by atoms with Crippen molar-refractivity contribution in [3.63, 3.8) is 0 Å².